The van der Waals surface area contributed by atoms with Crippen molar-refractivity contribution in [1.29, 1.82) is 0 Å². The molecule has 8 heteroatoms. The maximum Gasteiger partial charge on any atom is 0.258 e. The molecule has 0 aliphatic heterocycles. The van der Waals surface area contributed by atoms with E-state index in [1.54, 1.807) is 0 Å². The van der Waals surface area contributed by atoms with E-state index in [0.29, 0.717) is 11.9 Å². The molecule has 0 aromatic carbocycles. The van der Waals surface area contributed by atoms with Gasteiger partial charge in [-0.3, -0.25) is 0 Å². The third-order valence-corrected chi connectivity index (χ3v) is 3.18. The van der Waals surface area contributed by atoms with Gasteiger partial charge in [0.15, 0.2) is 0 Å². The summed E-state index contributed by atoms with van der Waals surface area (Å²) in [5, 5.41) is 7.37. The van der Waals surface area contributed by atoms with E-state index >= 15 is 0 Å². The molecule has 1 unspecified atom stereocenters. The number of halogens is 1. The molecule has 0 fully saturated rings. The van der Waals surface area contributed by atoms with Crippen molar-refractivity contribution in [3.8, 4) is 5.95 Å². The largest absolute Gasteiger partial charge is 0.352 e. The van der Waals surface area contributed by atoms with Crippen LogP contribution in [0.25, 0.3) is 5.95 Å². The normalized spacial score (nSPS) is 12.6. The highest BCUT2D eigenvalue weighted by atomic mass is 35.5. The van der Waals surface area contributed by atoms with E-state index in [0.717, 1.165) is 12.3 Å². The Balaban J connectivity index is 2.00. The number of nitrogens with zero attached hydrogens (tertiary/aromatic N) is 6. The highest BCUT2D eigenvalue weighted by Crippen LogP contribution is 2.13. The molecule has 0 saturated heterocycles. The van der Waals surface area contributed by atoms with Crippen LogP contribution in [0.3, 0.4) is 0 Å². The number of hydrogen-bond donors (Lipinski definition) is 1. The van der Waals surface area contributed by atoms with E-state index in [1.807, 2.05) is 0 Å². The van der Waals surface area contributed by atoms with Crippen LogP contribution in [0, 0.1) is 5.92 Å². The monoisotopic (exact) mass is 309 g/mol. The fourth-order valence-corrected chi connectivity index (χ4v) is 2.10. The lowest BCUT2D eigenvalue weighted by Gasteiger charge is -2.14. The van der Waals surface area contributed by atoms with E-state index in [9.17, 15) is 0 Å². The van der Waals surface area contributed by atoms with Crippen molar-refractivity contribution >= 4 is 17.5 Å². The molecule has 0 amide bonds. The van der Waals surface area contributed by atoms with Gasteiger partial charge in [0.25, 0.3) is 5.95 Å². The summed E-state index contributed by atoms with van der Waals surface area (Å²) in [6.07, 6.45) is 6.37. The second-order valence-electron chi connectivity index (χ2n) is 5.44. The first-order chi connectivity index (χ1) is 10.0. The third kappa shape index (κ3) is 4.93. The Morgan fingerprint density at radius 2 is 2.00 bits per heavy atom. The van der Waals surface area contributed by atoms with Gasteiger partial charge >= 0.3 is 0 Å². The highest BCUT2D eigenvalue weighted by molar-refractivity contribution is 6.28. The Kier molecular flexibility index (Phi) is 5.44. The number of nitrogens with one attached hydrogen (secondary N) is 1. The van der Waals surface area contributed by atoms with Crippen LogP contribution in [0.2, 0.25) is 5.28 Å². The summed E-state index contributed by atoms with van der Waals surface area (Å²) in [6, 6.07) is 0.269. The van der Waals surface area contributed by atoms with Gasteiger partial charge in [0.05, 0.1) is 0 Å². The summed E-state index contributed by atoms with van der Waals surface area (Å²) < 4.78 is 1.45. The van der Waals surface area contributed by atoms with Crippen LogP contribution in [0.5, 0.6) is 0 Å². The highest BCUT2D eigenvalue weighted by Gasteiger charge is 2.10. The molecule has 2 heterocycles. The predicted molar refractivity (Wildman–Crippen MR) is 81.5 cm³/mol. The zero-order valence-electron chi connectivity index (χ0n) is 12.5. The topological polar surface area (TPSA) is 81.4 Å². The van der Waals surface area contributed by atoms with Crippen LogP contribution >= 0.6 is 11.6 Å². The smallest absolute Gasteiger partial charge is 0.258 e. The first-order valence-corrected chi connectivity index (χ1v) is 7.45. The molecule has 0 saturated carbocycles. The van der Waals surface area contributed by atoms with Gasteiger partial charge in [-0.25, -0.2) is 4.98 Å². The van der Waals surface area contributed by atoms with Crippen molar-refractivity contribution in [1.82, 2.24) is 29.7 Å². The average Bonchev–Trinajstić information content (AvgIpc) is 2.91. The predicted octanol–water partition coefficient (Wildman–Crippen LogP) is 2.73. The van der Waals surface area contributed by atoms with Crippen LogP contribution < -0.4 is 5.32 Å². The van der Waals surface area contributed by atoms with Crippen LogP contribution in [0.4, 0.5) is 5.95 Å². The quantitative estimate of drug-likeness (QED) is 0.847. The van der Waals surface area contributed by atoms with Gasteiger partial charge < -0.3 is 5.32 Å². The lowest BCUT2D eigenvalue weighted by molar-refractivity contribution is 0.519. The summed E-state index contributed by atoms with van der Waals surface area (Å²) in [6.45, 7) is 6.57. The van der Waals surface area contributed by atoms with Crippen LogP contribution in [0.1, 0.15) is 40.0 Å². The molecule has 0 spiro atoms. The van der Waals surface area contributed by atoms with Gasteiger partial charge in [0.1, 0.15) is 12.7 Å². The van der Waals surface area contributed by atoms with Crippen LogP contribution in [-0.4, -0.2) is 35.8 Å². The molecule has 0 aliphatic carbocycles. The molecule has 1 atom stereocenters. The fraction of sp³-hybridized carbons (Fsp3) is 0.615. The second kappa shape index (κ2) is 7.31. The van der Waals surface area contributed by atoms with Crippen molar-refractivity contribution in [2.45, 2.75) is 46.1 Å². The molecule has 7 nitrogen and oxygen atoms in total. The minimum absolute atomic E-state index is 0.132. The van der Waals surface area contributed by atoms with Gasteiger partial charge in [-0.05, 0) is 30.9 Å². The molecular formula is C13H20ClN7. The summed E-state index contributed by atoms with van der Waals surface area (Å²) in [4.78, 5) is 16.3. The minimum atomic E-state index is 0.132. The zero-order chi connectivity index (χ0) is 15.2. The lowest BCUT2D eigenvalue weighted by Crippen LogP contribution is -2.18. The van der Waals surface area contributed by atoms with Gasteiger partial charge in [0, 0.05) is 6.04 Å². The van der Waals surface area contributed by atoms with E-state index in [4.69, 9.17) is 11.6 Å². The van der Waals surface area contributed by atoms with Crippen molar-refractivity contribution in [2.24, 2.45) is 5.92 Å². The molecular weight excluding hydrogens is 290 g/mol. The third-order valence-electron chi connectivity index (χ3n) is 3.01. The SMILES string of the molecule is CC(C)CCCC(C)Nc1nc(Cl)nc(-n2cncn2)n1. The van der Waals surface area contributed by atoms with Crippen molar-refractivity contribution in [3.05, 3.63) is 17.9 Å². The van der Waals surface area contributed by atoms with Gasteiger partial charge in [0.2, 0.25) is 11.2 Å². The first kappa shape index (κ1) is 15.6. The molecule has 1 N–H and O–H groups in total. The molecule has 2 rings (SSSR count). The molecule has 0 radical (unpaired) electrons. The maximum atomic E-state index is 5.93. The van der Waals surface area contributed by atoms with Crippen molar-refractivity contribution in [3.63, 3.8) is 0 Å². The van der Waals surface area contributed by atoms with Gasteiger partial charge in [-0.2, -0.15) is 24.7 Å². The fourth-order valence-electron chi connectivity index (χ4n) is 1.94. The Morgan fingerprint density at radius 3 is 2.67 bits per heavy atom. The summed E-state index contributed by atoms with van der Waals surface area (Å²) in [7, 11) is 0. The van der Waals surface area contributed by atoms with E-state index in [-0.39, 0.29) is 11.3 Å². The first-order valence-electron chi connectivity index (χ1n) is 7.07. The molecule has 21 heavy (non-hydrogen) atoms. The summed E-state index contributed by atoms with van der Waals surface area (Å²) in [5.74, 6) is 1.53. The van der Waals surface area contributed by atoms with Crippen LogP contribution in [-0.2, 0) is 0 Å². The summed E-state index contributed by atoms with van der Waals surface area (Å²) in [5.41, 5.74) is 0. The number of hydrogen-bond acceptors (Lipinski definition) is 6. The Hall–Kier alpha value is -1.76. The zero-order valence-corrected chi connectivity index (χ0v) is 13.2. The molecule has 2 aromatic heterocycles. The Labute approximate surface area is 129 Å². The Morgan fingerprint density at radius 1 is 1.19 bits per heavy atom. The minimum Gasteiger partial charge on any atom is -0.352 e. The maximum absolute atomic E-state index is 5.93. The Bertz CT molecular complexity index is 556. The van der Waals surface area contributed by atoms with Gasteiger partial charge in [-0.1, -0.05) is 26.7 Å². The van der Waals surface area contributed by atoms with Gasteiger partial charge in [-0.15, -0.1) is 0 Å². The molecule has 2 aromatic rings. The van der Waals surface area contributed by atoms with Crippen LogP contribution in [0.15, 0.2) is 12.7 Å². The number of rotatable bonds is 7. The summed E-state index contributed by atoms with van der Waals surface area (Å²) >= 11 is 5.93. The van der Waals surface area contributed by atoms with Crippen molar-refractivity contribution < 1.29 is 0 Å². The van der Waals surface area contributed by atoms with E-state index in [2.05, 4.69) is 51.1 Å². The molecule has 0 aliphatic rings. The lowest BCUT2D eigenvalue weighted by atomic mass is 10.0. The average molecular weight is 310 g/mol. The standard InChI is InChI=1S/C13H20ClN7/c1-9(2)5-4-6-10(3)17-12-18-11(14)19-13(20-12)21-8-15-7-16-21/h7-10H,4-6H2,1-3H3,(H,17,18,19,20). The van der Waals surface area contributed by atoms with E-state index < -0.39 is 0 Å². The second-order valence-corrected chi connectivity index (χ2v) is 5.78. The number of aromatic nitrogens is 6. The van der Waals surface area contributed by atoms with E-state index in [1.165, 1.54) is 30.2 Å². The molecule has 114 valence electrons. The van der Waals surface area contributed by atoms with Crippen molar-refractivity contribution in [2.75, 3.05) is 5.32 Å². The number of anilines is 1. The molecule has 0 bridgehead atoms.